The summed E-state index contributed by atoms with van der Waals surface area (Å²) in [5.74, 6) is 0.0347. The molecule has 0 spiro atoms. The highest BCUT2D eigenvalue weighted by Gasteiger charge is 2.24. The molecule has 0 radical (unpaired) electrons. The van der Waals surface area contributed by atoms with Gasteiger partial charge in [-0.15, -0.1) is 8.67 Å². The number of carbonyl (C=O) groups is 2. The Balaban J connectivity index is 0.934. The predicted octanol–water partition coefficient (Wildman–Crippen LogP) is 13.0. The number of hydrogen-bond acceptors (Lipinski definition) is 19. The van der Waals surface area contributed by atoms with E-state index in [2.05, 4.69) is 18.7 Å². The molecule has 4 N–H and O–H groups in total. The Morgan fingerprint density at radius 3 is 1.23 bits per heavy atom. The largest absolute Gasteiger partial charge is 0.497 e. The molecule has 18 nitrogen and oxygen atoms in total. The molecule has 0 bridgehead atoms. The van der Waals surface area contributed by atoms with Crippen LogP contribution in [0.25, 0.3) is 11.1 Å². The van der Waals surface area contributed by atoms with E-state index in [4.69, 9.17) is 29.5 Å². The first kappa shape index (κ1) is 54.2. The van der Waals surface area contributed by atoms with Gasteiger partial charge in [-0.05, 0) is 157 Å². The first-order valence-corrected chi connectivity index (χ1v) is 26.7. The summed E-state index contributed by atoms with van der Waals surface area (Å²) in [5.41, 5.74) is 2.20. The van der Waals surface area contributed by atoms with E-state index < -0.39 is 41.6 Å². The summed E-state index contributed by atoms with van der Waals surface area (Å²) in [6.45, 7) is 1.74. The van der Waals surface area contributed by atoms with E-state index in [1.54, 1.807) is 92.9 Å². The Hall–Kier alpha value is -7.07. The average molecular weight is 1110 g/mol. The molecule has 384 valence electrons. The molecular formula is C52H38O18S5. The highest BCUT2D eigenvalue weighted by atomic mass is 32.2. The fourth-order valence-corrected chi connectivity index (χ4v) is 10.1. The summed E-state index contributed by atoms with van der Waals surface area (Å²) in [6, 6.07) is 43.7. The molecule has 8 aromatic carbocycles. The smallest absolute Gasteiger partial charge is 0.298 e. The van der Waals surface area contributed by atoms with Gasteiger partial charge in [-0.3, -0.25) is 18.7 Å². The molecule has 0 heterocycles. The fraction of sp³-hybridized carbons (Fsp3) is 0.0385. The second-order valence-corrected chi connectivity index (χ2v) is 21.0. The lowest BCUT2D eigenvalue weighted by Crippen LogP contribution is -2.07. The van der Waals surface area contributed by atoms with E-state index in [0.29, 0.717) is 40.3 Å². The van der Waals surface area contributed by atoms with Crippen molar-refractivity contribution in [3.8, 4) is 51.4 Å². The van der Waals surface area contributed by atoms with Gasteiger partial charge < -0.3 is 18.9 Å². The maximum absolute atomic E-state index is 13.8. The summed E-state index contributed by atoms with van der Waals surface area (Å²) in [5, 5.41) is 24.9. The van der Waals surface area contributed by atoms with Crippen LogP contribution >= 0.6 is 35.8 Å². The topological polar surface area (TPSA) is 257 Å². The summed E-state index contributed by atoms with van der Waals surface area (Å²) >= 11 is 2.66. The molecule has 23 heteroatoms. The Morgan fingerprint density at radius 2 is 0.800 bits per heavy atom. The van der Waals surface area contributed by atoms with Gasteiger partial charge in [-0.1, -0.05) is 58.2 Å². The minimum atomic E-state index is -4.89. The van der Waals surface area contributed by atoms with Crippen molar-refractivity contribution < 1.29 is 83.7 Å². The Kier molecular flexibility index (Phi) is 17.4. The predicted molar refractivity (Wildman–Crippen MR) is 274 cm³/mol. The van der Waals surface area contributed by atoms with Gasteiger partial charge in [0, 0.05) is 36.9 Å². The van der Waals surface area contributed by atoms with Crippen LogP contribution in [0.4, 0.5) is 0 Å². The zero-order valence-electron chi connectivity index (χ0n) is 38.7. The van der Waals surface area contributed by atoms with Gasteiger partial charge in [0.2, 0.25) is 0 Å². The normalized spacial score (nSPS) is 11.5. The molecule has 75 heavy (non-hydrogen) atoms. The van der Waals surface area contributed by atoms with E-state index in [1.807, 2.05) is 24.3 Å². The maximum atomic E-state index is 13.8. The number of ether oxygens (including phenoxy) is 4. The highest BCUT2D eigenvalue weighted by molar-refractivity contribution is 7.99. The average Bonchev–Trinajstić information content (AvgIpc) is 3.41. The molecule has 0 unspecified atom stereocenters. The van der Waals surface area contributed by atoms with Crippen LogP contribution < -0.4 is 18.9 Å². The minimum absolute atomic E-state index is 0.0467. The molecule has 0 saturated heterocycles. The summed E-state index contributed by atoms with van der Waals surface area (Å²) in [4.78, 5) is 28.3. The van der Waals surface area contributed by atoms with E-state index in [9.17, 15) is 35.5 Å². The van der Waals surface area contributed by atoms with Crippen molar-refractivity contribution in [2.45, 2.75) is 36.3 Å². The van der Waals surface area contributed by atoms with Crippen molar-refractivity contribution in [1.29, 1.82) is 0 Å². The zero-order valence-corrected chi connectivity index (χ0v) is 42.8. The van der Waals surface area contributed by atoms with Crippen LogP contribution in [0.3, 0.4) is 0 Å². The SMILES string of the molecule is COc1ccc(Sc2ccc(Oc3ccc(C(=O)c4ccc(Oc5ccc(-c6ccc(Oc7ccc(C(=O)c8ccc(C)c(SOOO)c8)cc7S(=O)(=O)O)cc6)cc5)c(SOOO)c4)cc3S(=O)(=O)O)cc2)cc1. The molecule has 8 aromatic rings. The van der Waals surface area contributed by atoms with Gasteiger partial charge in [0.1, 0.15) is 50.0 Å². The van der Waals surface area contributed by atoms with Crippen LogP contribution in [-0.2, 0) is 39.0 Å². The maximum Gasteiger partial charge on any atom is 0.298 e. The lowest BCUT2D eigenvalue weighted by molar-refractivity contribution is -0.432. The monoisotopic (exact) mass is 1110 g/mol. The standard InChI is InChI=1S/C52H38O18S5/c1-31-3-4-34(27-47(31)72-69-67-55)51(53)36-10-25-45(49(29-36)74(57,58)59)65-40-14-7-33(8-15-40)32-5-12-39(13-6-32)64-44-24-9-35(28-48(44)73-70-68-56)52(54)37-11-26-46(50(30-37)75(60,61)62)66-41-18-22-43(23-19-41)71-42-20-16-38(63-2)17-21-42/h3-30,55-56H,1-2H3,(H,57,58,59)(H,60,61,62). The van der Waals surface area contributed by atoms with Crippen LogP contribution in [0, 0.1) is 6.92 Å². The number of ketones is 2. The first-order valence-electron chi connectivity index (χ1n) is 21.5. The van der Waals surface area contributed by atoms with E-state index >= 15 is 0 Å². The second kappa shape index (κ2) is 24.1. The van der Waals surface area contributed by atoms with Crippen molar-refractivity contribution in [3.63, 3.8) is 0 Å². The molecule has 0 aliphatic carbocycles. The number of carbonyl (C=O) groups excluding carboxylic acids is 2. The Bertz CT molecular complexity index is 3600. The van der Waals surface area contributed by atoms with Gasteiger partial charge >= 0.3 is 0 Å². The van der Waals surface area contributed by atoms with Gasteiger partial charge in [-0.25, -0.2) is 10.5 Å². The summed E-state index contributed by atoms with van der Waals surface area (Å²) in [7, 11) is -8.18. The third-order valence-electron chi connectivity index (χ3n) is 10.8. The number of benzene rings is 8. The van der Waals surface area contributed by atoms with Crippen LogP contribution in [0.2, 0.25) is 0 Å². The summed E-state index contributed by atoms with van der Waals surface area (Å²) in [6.07, 6.45) is 0. The van der Waals surface area contributed by atoms with Crippen molar-refractivity contribution in [3.05, 3.63) is 198 Å². The second-order valence-electron chi connectivity index (χ2n) is 15.6. The third-order valence-corrected chi connectivity index (χ3v) is 14.9. The van der Waals surface area contributed by atoms with Gasteiger partial charge in [-0.2, -0.15) is 16.8 Å². The highest BCUT2D eigenvalue weighted by Crippen LogP contribution is 2.39. The number of hydrogen-bond donors (Lipinski definition) is 4. The van der Waals surface area contributed by atoms with E-state index in [0.717, 1.165) is 38.8 Å². The third kappa shape index (κ3) is 13.8. The van der Waals surface area contributed by atoms with Crippen LogP contribution in [0.1, 0.15) is 37.4 Å². The lowest BCUT2D eigenvalue weighted by Gasteiger charge is -2.13. The molecule has 8 rings (SSSR count). The molecular weight excluding hydrogens is 1070 g/mol. The molecule has 0 aliphatic heterocycles. The van der Waals surface area contributed by atoms with Gasteiger partial charge in [0.05, 0.1) is 36.1 Å². The fourth-order valence-electron chi connectivity index (χ4n) is 7.10. The Labute approximate surface area is 441 Å². The molecule has 0 aromatic heterocycles. The van der Waals surface area contributed by atoms with Crippen molar-refractivity contribution in [2.24, 2.45) is 0 Å². The zero-order chi connectivity index (χ0) is 53.3. The van der Waals surface area contributed by atoms with Gasteiger partial charge in [0.15, 0.2) is 11.6 Å². The lowest BCUT2D eigenvalue weighted by atomic mass is 10.0. The number of methoxy groups -OCH3 is 1. The molecule has 0 aliphatic rings. The summed E-state index contributed by atoms with van der Waals surface area (Å²) < 4.78 is 103. The van der Waals surface area contributed by atoms with Gasteiger partial charge in [0.25, 0.3) is 20.2 Å². The number of rotatable bonds is 22. The van der Waals surface area contributed by atoms with E-state index in [1.165, 1.54) is 66.4 Å². The van der Waals surface area contributed by atoms with E-state index in [-0.39, 0.29) is 55.9 Å². The number of aryl methyl sites for hydroxylation is 1. The quantitative estimate of drug-likeness (QED) is 0.0162. The van der Waals surface area contributed by atoms with Crippen molar-refractivity contribution >= 4 is 67.7 Å². The first-order chi connectivity index (χ1) is 36.0. The van der Waals surface area contributed by atoms with Crippen LogP contribution in [0.15, 0.2) is 199 Å². The molecule has 0 amide bonds. The van der Waals surface area contributed by atoms with Crippen LogP contribution in [0.5, 0.6) is 40.2 Å². The molecule has 0 fully saturated rings. The molecule has 0 atom stereocenters. The van der Waals surface area contributed by atoms with Crippen molar-refractivity contribution in [2.75, 3.05) is 7.11 Å². The van der Waals surface area contributed by atoms with Crippen LogP contribution in [-0.4, -0.2) is 55.1 Å². The molecule has 0 saturated carbocycles. The minimum Gasteiger partial charge on any atom is -0.497 e. The Morgan fingerprint density at radius 1 is 0.440 bits per heavy atom. The van der Waals surface area contributed by atoms with Crippen molar-refractivity contribution in [1.82, 2.24) is 0 Å².